The van der Waals surface area contributed by atoms with Gasteiger partial charge < -0.3 is 19.8 Å². The number of nitrogens with zero attached hydrogens (tertiary/aromatic N) is 3. The Bertz CT molecular complexity index is 766. The van der Waals surface area contributed by atoms with Crippen LogP contribution < -0.4 is 0 Å². The highest BCUT2D eigenvalue weighted by Crippen LogP contribution is 2.40. The lowest BCUT2D eigenvalue weighted by molar-refractivity contribution is 0.0400. The first kappa shape index (κ1) is 20.3. The fourth-order valence-electron chi connectivity index (χ4n) is 5.24. The van der Waals surface area contributed by atoms with Gasteiger partial charge in [0.05, 0.1) is 18.0 Å². The third kappa shape index (κ3) is 4.95. The van der Waals surface area contributed by atoms with Crippen LogP contribution in [0.15, 0.2) is 18.3 Å². The van der Waals surface area contributed by atoms with Gasteiger partial charge in [0, 0.05) is 51.1 Å². The summed E-state index contributed by atoms with van der Waals surface area (Å²) < 4.78 is 13.2. The van der Waals surface area contributed by atoms with Gasteiger partial charge in [0.2, 0.25) is 5.90 Å². The number of aryl methyl sites for hydroxylation is 2. The molecule has 158 valence electrons. The number of allylic oxidation sites excluding steroid dienone is 1. The van der Waals surface area contributed by atoms with Crippen molar-refractivity contribution in [3.05, 3.63) is 29.6 Å². The number of ether oxygens (including phenoxy) is 2. The maximum absolute atomic E-state index is 8.19. The van der Waals surface area contributed by atoms with Crippen LogP contribution in [0.2, 0.25) is 0 Å². The van der Waals surface area contributed by atoms with Gasteiger partial charge in [-0.05, 0) is 56.4 Å². The average Bonchev–Trinajstić information content (AvgIpc) is 3.33. The van der Waals surface area contributed by atoms with E-state index in [1.165, 1.54) is 19.4 Å². The lowest BCUT2D eigenvalue weighted by Crippen LogP contribution is -2.33. The van der Waals surface area contributed by atoms with Crippen molar-refractivity contribution in [1.29, 1.82) is 10.8 Å². The van der Waals surface area contributed by atoms with Gasteiger partial charge in [-0.25, -0.2) is 0 Å². The molecule has 29 heavy (non-hydrogen) atoms. The third-order valence-corrected chi connectivity index (χ3v) is 6.55. The topological polar surface area (TPSA) is 87.2 Å². The van der Waals surface area contributed by atoms with Gasteiger partial charge in [-0.3, -0.25) is 10.1 Å². The van der Waals surface area contributed by atoms with E-state index in [-0.39, 0.29) is 12.0 Å². The molecule has 1 aliphatic carbocycles. The van der Waals surface area contributed by atoms with Gasteiger partial charge in [-0.2, -0.15) is 5.10 Å². The largest absolute Gasteiger partial charge is 0.475 e. The van der Waals surface area contributed by atoms with Gasteiger partial charge in [0.25, 0.3) is 0 Å². The van der Waals surface area contributed by atoms with Crippen molar-refractivity contribution in [3.8, 4) is 0 Å². The Morgan fingerprint density at radius 2 is 2.03 bits per heavy atom. The molecule has 4 rings (SSSR count). The van der Waals surface area contributed by atoms with Crippen molar-refractivity contribution in [2.45, 2.75) is 38.7 Å². The van der Waals surface area contributed by atoms with Crippen LogP contribution in [0.25, 0.3) is 0 Å². The number of rotatable bonds is 6. The lowest BCUT2D eigenvalue weighted by atomic mass is 10.0. The molecule has 3 fully saturated rings. The van der Waals surface area contributed by atoms with E-state index in [0.717, 1.165) is 50.4 Å². The summed E-state index contributed by atoms with van der Waals surface area (Å²) in [5.74, 6) is 2.24. The van der Waals surface area contributed by atoms with E-state index < -0.39 is 0 Å². The second kappa shape index (κ2) is 8.79. The van der Waals surface area contributed by atoms with E-state index in [2.05, 4.69) is 10.00 Å². The maximum atomic E-state index is 8.19. The van der Waals surface area contributed by atoms with E-state index in [9.17, 15) is 0 Å². The monoisotopic (exact) mass is 399 g/mol. The molecule has 2 saturated heterocycles. The normalized spacial score (nSPS) is 30.0. The molecule has 2 unspecified atom stereocenters. The predicted molar refractivity (Wildman–Crippen MR) is 113 cm³/mol. The van der Waals surface area contributed by atoms with Crippen molar-refractivity contribution in [2.75, 3.05) is 32.8 Å². The molecule has 1 aromatic heterocycles. The number of hydrogen-bond donors (Lipinski definition) is 2. The summed E-state index contributed by atoms with van der Waals surface area (Å²) in [6.07, 6.45) is 9.78. The molecule has 4 atom stereocenters. The van der Waals surface area contributed by atoms with E-state index in [4.69, 9.17) is 20.3 Å². The molecule has 0 spiro atoms. The molecule has 3 heterocycles. The summed E-state index contributed by atoms with van der Waals surface area (Å²) in [7, 11) is 1.85. The van der Waals surface area contributed by atoms with Crippen LogP contribution in [0.3, 0.4) is 0 Å². The summed E-state index contributed by atoms with van der Waals surface area (Å²) in [6.45, 7) is 7.25. The van der Waals surface area contributed by atoms with Crippen LogP contribution in [-0.4, -0.2) is 65.2 Å². The van der Waals surface area contributed by atoms with Crippen LogP contribution in [0, 0.1) is 35.5 Å². The first-order chi connectivity index (χ1) is 14.0. The number of hydrogen-bond acceptors (Lipinski definition) is 6. The molecule has 0 aromatic carbocycles. The number of likely N-dealkylation sites (tertiary alicyclic amines) is 1. The Morgan fingerprint density at radius 1 is 1.28 bits per heavy atom. The van der Waals surface area contributed by atoms with Gasteiger partial charge >= 0.3 is 0 Å². The smallest absolute Gasteiger partial charge is 0.206 e. The second-order valence-electron chi connectivity index (χ2n) is 8.95. The molecule has 7 nitrogen and oxygen atoms in total. The van der Waals surface area contributed by atoms with Gasteiger partial charge in [0.15, 0.2) is 0 Å². The molecule has 7 heteroatoms. The fourth-order valence-corrected chi connectivity index (χ4v) is 5.24. The molecular weight excluding hydrogens is 366 g/mol. The quantitative estimate of drug-likeness (QED) is 0.569. The Labute approximate surface area is 173 Å². The SMILES string of the molecule is Cc1nn(C)cc1C(=N)/C=C\C(=N)OC1C[C@@H]2CN(CC3CCCOC3)C[C@@H]2C1. The summed E-state index contributed by atoms with van der Waals surface area (Å²) in [5.41, 5.74) is 1.97. The van der Waals surface area contributed by atoms with Crippen LogP contribution in [0.5, 0.6) is 0 Å². The molecule has 0 bridgehead atoms. The minimum atomic E-state index is 0.136. The van der Waals surface area contributed by atoms with Crippen molar-refractivity contribution in [3.63, 3.8) is 0 Å². The molecule has 2 N–H and O–H groups in total. The number of aromatic nitrogens is 2. The molecule has 1 aromatic rings. The first-order valence-corrected chi connectivity index (χ1v) is 10.8. The summed E-state index contributed by atoms with van der Waals surface area (Å²) >= 11 is 0. The summed E-state index contributed by atoms with van der Waals surface area (Å²) in [6, 6.07) is 0. The first-order valence-electron chi connectivity index (χ1n) is 10.8. The lowest BCUT2D eigenvalue weighted by Gasteiger charge is -2.27. The van der Waals surface area contributed by atoms with Crippen molar-refractivity contribution in [2.24, 2.45) is 24.8 Å². The molecule has 3 aliphatic rings. The van der Waals surface area contributed by atoms with Crippen molar-refractivity contribution < 1.29 is 9.47 Å². The van der Waals surface area contributed by atoms with Crippen LogP contribution in [0.4, 0.5) is 0 Å². The van der Waals surface area contributed by atoms with Crippen molar-refractivity contribution >= 4 is 11.6 Å². The molecule has 0 amide bonds. The predicted octanol–water partition coefficient (Wildman–Crippen LogP) is 2.78. The van der Waals surface area contributed by atoms with E-state index in [1.54, 1.807) is 16.8 Å². The summed E-state index contributed by atoms with van der Waals surface area (Å²) in [4.78, 5) is 2.62. The third-order valence-electron chi connectivity index (χ3n) is 6.55. The van der Waals surface area contributed by atoms with E-state index >= 15 is 0 Å². The molecular formula is C22H33N5O2. The molecule has 1 saturated carbocycles. The summed E-state index contributed by atoms with van der Waals surface area (Å²) in [5, 5.41) is 20.6. The minimum Gasteiger partial charge on any atom is -0.475 e. The Morgan fingerprint density at radius 3 is 2.66 bits per heavy atom. The maximum Gasteiger partial charge on any atom is 0.206 e. The minimum absolute atomic E-state index is 0.136. The van der Waals surface area contributed by atoms with Gasteiger partial charge in [-0.15, -0.1) is 0 Å². The standard InChI is InChI=1S/C22H33N5O2/c1-15-20(13-26(2)25-15)21(23)5-6-22(24)29-19-8-17-11-27(12-18(17)9-19)10-16-4-3-7-28-14-16/h5-6,13,16-19,23-24H,3-4,7-12,14H2,1-2H3/b6-5-,23-21?,24-22?/t16?,17-,18+,19?. The van der Waals surface area contributed by atoms with Crippen LogP contribution >= 0.6 is 0 Å². The van der Waals surface area contributed by atoms with Gasteiger partial charge in [0.1, 0.15) is 6.10 Å². The highest BCUT2D eigenvalue weighted by Gasteiger charge is 2.42. The zero-order valence-electron chi connectivity index (χ0n) is 17.6. The fraction of sp³-hybridized carbons (Fsp3) is 0.682. The highest BCUT2D eigenvalue weighted by molar-refractivity contribution is 6.09. The second-order valence-corrected chi connectivity index (χ2v) is 8.95. The Kier molecular flexibility index (Phi) is 6.15. The van der Waals surface area contributed by atoms with Crippen LogP contribution in [0.1, 0.15) is 36.9 Å². The molecule has 0 radical (unpaired) electrons. The van der Waals surface area contributed by atoms with Gasteiger partial charge in [-0.1, -0.05) is 0 Å². The average molecular weight is 400 g/mol. The zero-order valence-corrected chi connectivity index (χ0v) is 17.6. The van der Waals surface area contributed by atoms with Crippen molar-refractivity contribution in [1.82, 2.24) is 14.7 Å². The highest BCUT2D eigenvalue weighted by atomic mass is 16.5. The number of fused-ring (bicyclic) bond motifs is 1. The van der Waals surface area contributed by atoms with E-state index in [1.807, 2.05) is 20.2 Å². The molecule has 2 aliphatic heterocycles. The van der Waals surface area contributed by atoms with Crippen LogP contribution in [-0.2, 0) is 16.5 Å². The Hall–Kier alpha value is -1.99. The zero-order chi connectivity index (χ0) is 20.4. The number of nitrogens with one attached hydrogen (secondary N) is 2. The van der Waals surface area contributed by atoms with E-state index in [0.29, 0.717) is 23.5 Å². The Balaban J connectivity index is 1.21.